The van der Waals surface area contributed by atoms with Crippen LogP contribution in [0.5, 0.6) is 5.75 Å². The Hall–Kier alpha value is -1.26. The largest absolute Gasteiger partial charge is 0.497 e. The Morgan fingerprint density at radius 3 is 2.76 bits per heavy atom. The van der Waals surface area contributed by atoms with Crippen LogP contribution >= 0.6 is 11.6 Å². The quantitative estimate of drug-likeness (QED) is 0.813. The van der Waals surface area contributed by atoms with Gasteiger partial charge in [0.25, 0.3) is 0 Å². The molecule has 0 N–H and O–H groups in total. The summed E-state index contributed by atoms with van der Waals surface area (Å²) in [4.78, 5) is 7.06. The summed E-state index contributed by atoms with van der Waals surface area (Å²) in [6.07, 6.45) is 2.49. The van der Waals surface area contributed by atoms with Crippen molar-refractivity contribution in [2.24, 2.45) is 5.92 Å². The third-order valence-electron chi connectivity index (χ3n) is 4.43. The molecule has 0 atom stereocenters. The number of rotatable bonds is 4. The molecule has 114 valence electrons. The SMILES string of the molecule is COc1ccc2c(c1)nc(CCl)n2CC1CCN(C)CC1. The first-order valence-electron chi connectivity index (χ1n) is 7.49. The standard InChI is InChI=1S/C16H22ClN3O/c1-19-7-5-12(6-8-19)11-20-15-4-3-13(21-2)9-14(15)18-16(20)10-17/h3-4,9,12H,5-8,10-11H2,1-2H3. The van der Waals surface area contributed by atoms with Gasteiger partial charge in [-0.2, -0.15) is 0 Å². The molecule has 5 heteroatoms. The van der Waals surface area contributed by atoms with E-state index in [9.17, 15) is 0 Å². The van der Waals surface area contributed by atoms with Crippen LogP contribution in [0.1, 0.15) is 18.7 Å². The number of fused-ring (bicyclic) bond motifs is 1. The van der Waals surface area contributed by atoms with Gasteiger partial charge in [-0.15, -0.1) is 11.6 Å². The van der Waals surface area contributed by atoms with Crippen molar-refractivity contribution in [1.82, 2.24) is 14.5 Å². The van der Waals surface area contributed by atoms with Crippen LogP contribution in [0.4, 0.5) is 0 Å². The maximum Gasteiger partial charge on any atom is 0.124 e. The van der Waals surface area contributed by atoms with E-state index in [1.165, 1.54) is 25.9 Å². The Labute approximate surface area is 130 Å². The zero-order valence-electron chi connectivity index (χ0n) is 12.7. The Morgan fingerprint density at radius 2 is 2.10 bits per heavy atom. The van der Waals surface area contributed by atoms with Crippen molar-refractivity contribution in [2.75, 3.05) is 27.2 Å². The van der Waals surface area contributed by atoms with E-state index >= 15 is 0 Å². The van der Waals surface area contributed by atoms with Crippen LogP contribution in [-0.2, 0) is 12.4 Å². The van der Waals surface area contributed by atoms with Gasteiger partial charge in [0.2, 0.25) is 0 Å². The monoisotopic (exact) mass is 307 g/mol. The molecule has 1 aromatic heterocycles. The molecule has 0 aliphatic carbocycles. The van der Waals surface area contributed by atoms with Gasteiger partial charge in [0.05, 0.1) is 24.0 Å². The molecule has 4 nitrogen and oxygen atoms in total. The highest BCUT2D eigenvalue weighted by molar-refractivity contribution is 6.16. The number of hydrogen-bond acceptors (Lipinski definition) is 3. The summed E-state index contributed by atoms with van der Waals surface area (Å²) in [5.41, 5.74) is 2.13. The lowest BCUT2D eigenvalue weighted by atomic mass is 9.97. The molecule has 0 saturated carbocycles. The number of methoxy groups -OCH3 is 1. The molecule has 1 aliphatic rings. The van der Waals surface area contributed by atoms with Gasteiger partial charge in [-0.3, -0.25) is 0 Å². The normalized spacial score (nSPS) is 17.5. The zero-order valence-corrected chi connectivity index (χ0v) is 13.4. The number of benzene rings is 1. The minimum atomic E-state index is 0.448. The van der Waals surface area contributed by atoms with Gasteiger partial charge in [0, 0.05) is 12.6 Å². The molecule has 21 heavy (non-hydrogen) atoms. The van der Waals surface area contributed by atoms with Gasteiger partial charge in [-0.25, -0.2) is 4.98 Å². The van der Waals surface area contributed by atoms with E-state index in [4.69, 9.17) is 16.3 Å². The second kappa shape index (κ2) is 6.24. The Bertz CT molecular complexity index is 617. The van der Waals surface area contributed by atoms with E-state index < -0.39 is 0 Å². The van der Waals surface area contributed by atoms with E-state index in [1.54, 1.807) is 7.11 Å². The summed E-state index contributed by atoms with van der Waals surface area (Å²) >= 11 is 6.10. The number of piperidine rings is 1. The molecule has 0 bridgehead atoms. The maximum absolute atomic E-state index is 6.10. The lowest BCUT2D eigenvalue weighted by Gasteiger charge is -2.29. The number of nitrogens with zero attached hydrogens (tertiary/aromatic N) is 3. The highest BCUT2D eigenvalue weighted by Crippen LogP contribution is 2.26. The fraction of sp³-hybridized carbons (Fsp3) is 0.562. The summed E-state index contributed by atoms with van der Waals surface area (Å²) in [6, 6.07) is 6.07. The molecule has 1 saturated heterocycles. The molecular weight excluding hydrogens is 286 g/mol. The van der Waals surface area contributed by atoms with Gasteiger partial charge in [0.1, 0.15) is 11.6 Å². The predicted molar refractivity (Wildman–Crippen MR) is 86.1 cm³/mol. The molecule has 0 amide bonds. The van der Waals surface area contributed by atoms with Crippen LogP contribution < -0.4 is 4.74 Å². The number of hydrogen-bond donors (Lipinski definition) is 0. The molecule has 1 aromatic carbocycles. The lowest BCUT2D eigenvalue weighted by Crippen LogP contribution is -2.32. The molecule has 2 aromatic rings. The zero-order chi connectivity index (χ0) is 14.8. The molecule has 0 unspecified atom stereocenters. The summed E-state index contributed by atoms with van der Waals surface area (Å²) < 4.78 is 7.57. The number of imidazole rings is 1. The maximum atomic E-state index is 6.10. The molecule has 3 rings (SSSR count). The molecular formula is C16H22ClN3O. The van der Waals surface area contributed by atoms with E-state index in [0.717, 1.165) is 29.2 Å². The highest BCUT2D eigenvalue weighted by Gasteiger charge is 2.20. The number of alkyl halides is 1. The van der Waals surface area contributed by atoms with Crippen molar-refractivity contribution in [2.45, 2.75) is 25.3 Å². The van der Waals surface area contributed by atoms with Gasteiger partial charge < -0.3 is 14.2 Å². The van der Waals surface area contributed by atoms with Crippen molar-refractivity contribution in [3.63, 3.8) is 0 Å². The number of aromatic nitrogens is 2. The van der Waals surface area contributed by atoms with Gasteiger partial charge in [0.15, 0.2) is 0 Å². The fourth-order valence-corrected chi connectivity index (χ4v) is 3.30. The predicted octanol–water partition coefficient (Wildman–Crippen LogP) is 3.13. The van der Waals surface area contributed by atoms with Crippen molar-refractivity contribution >= 4 is 22.6 Å². The molecule has 0 radical (unpaired) electrons. The van der Waals surface area contributed by atoms with Crippen LogP contribution in [0.25, 0.3) is 11.0 Å². The smallest absolute Gasteiger partial charge is 0.124 e. The Kier molecular flexibility index (Phi) is 4.36. The second-order valence-corrected chi connectivity index (χ2v) is 6.14. The number of likely N-dealkylation sites (tertiary alicyclic amines) is 1. The van der Waals surface area contributed by atoms with Crippen LogP contribution in [-0.4, -0.2) is 41.7 Å². The molecule has 0 spiro atoms. The lowest BCUT2D eigenvalue weighted by molar-refractivity contribution is 0.205. The fourth-order valence-electron chi connectivity index (χ4n) is 3.10. The van der Waals surface area contributed by atoms with E-state index in [0.29, 0.717) is 11.8 Å². The highest BCUT2D eigenvalue weighted by atomic mass is 35.5. The molecule has 1 fully saturated rings. The number of halogens is 1. The summed E-state index contributed by atoms with van der Waals surface area (Å²) in [5.74, 6) is 2.96. The van der Waals surface area contributed by atoms with Crippen LogP contribution in [0.2, 0.25) is 0 Å². The average Bonchev–Trinajstić information content (AvgIpc) is 2.86. The first-order chi connectivity index (χ1) is 10.2. The van der Waals surface area contributed by atoms with Gasteiger partial charge in [-0.05, 0) is 51.0 Å². The summed E-state index contributed by atoms with van der Waals surface area (Å²) in [5, 5.41) is 0. The number of ether oxygens (including phenoxy) is 1. The average molecular weight is 308 g/mol. The minimum Gasteiger partial charge on any atom is -0.497 e. The van der Waals surface area contributed by atoms with Gasteiger partial charge in [-0.1, -0.05) is 0 Å². The van der Waals surface area contributed by atoms with Crippen LogP contribution in [0, 0.1) is 5.92 Å². The summed E-state index contributed by atoms with van der Waals surface area (Å²) in [6.45, 7) is 3.38. The minimum absolute atomic E-state index is 0.448. The summed E-state index contributed by atoms with van der Waals surface area (Å²) in [7, 11) is 3.87. The third kappa shape index (κ3) is 3.01. The first kappa shape index (κ1) is 14.7. The molecule has 2 heterocycles. The van der Waals surface area contributed by atoms with Crippen molar-refractivity contribution in [3.05, 3.63) is 24.0 Å². The van der Waals surface area contributed by atoms with Crippen molar-refractivity contribution in [1.29, 1.82) is 0 Å². The third-order valence-corrected chi connectivity index (χ3v) is 4.67. The first-order valence-corrected chi connectivity index (χ1v) is 8.02. The van der Waals surface area contributed by atoms with Crippen LogP contribution in [0.15, 0.2) is 18.2 Å². The van der Waals surface area contributed by atoms with E-state index in [2.05, 4.69) is 27.6 Å². The molecule has 1 aliphatic heterocycles. The van der Waals surface area contributed by atoms with Crippen LogP contribution in [0.3, 0.4) is 0 Å². The second-order valence-electron chi connectivity index (χ2n) is 5.87. The Morgan fingerprint density at radius 1 is 1.33 bits per heavy atom. The van der Waals surface area contributed by atoms with Crippen molar-refractivity contribution < 1.29 is 4.74 Å². The topological polar surface area (TPSA) is 30.3 Å². The Balaban J connectivity index is 1.89. The van der Waals surface area contributed by atoms with E-state index in [-0.39, 0.29) is 0 Å². The van der Waals surface area contributed by atoms with E-state index in [1.807, 2.05) is 12.1 Å². The van der Waals surface area contributed by atoms with Crippen molar-refractivity contribution in [3.8, 4) is 5.75 Å². The van der Waals surface area contributed by atoms with Gasteiger partial charge >= 0.3 is 0 Å².